The van der Waals surface area contributed by atoms with Crippen molar-refractivity contribution < 1.29 is 18.0 Å². The first-order chi connectivity index (χ1) is 11.9. The molecule has 0 heterocycles. The van der Waals surface area contributed by atoms with E-state index in [9.17, 15) is 18.0 Å². The summed E-state index contributed by atoms with van der Waals surface area (Å²) in [5.41, 5.74) is -0.155. The maximum atomic E-state index is 12.7. The molecule has 1 aliphatic carbocycles. The van der Waals surface area contributed by atoms with Gasteiger partial charge in [0.25, 0.3) is 0 Å². The molecule has 0 aliphatic heterocycles. The Balaban J connectivity index is 1.70. The van der Waals surface area contributed by atoms with Crippen LogP contribution in [0.3, 0.4) is 0 Å². The predicted molar refractivity (Wildman–Crippen MR) is 90.0 cm³/mol. The highest BCUT2D eigenvalue weighted by Crippen LogP contribution is 2.29. The lowest BCUT2D eigenvalue weighted by atomic mass is 10.1. The van der Waals surface area contributed by atoms with Crippen LogP contribution in [0.4, 0.5) is 13.2 Å². The summed E-state index contributed by atoms with van der Waals surface area (Å²) in [4.78, 5) is 15.6. The fourth-order valence-electron chi connectivity index (χ4n) is 2.25. The summed E-state index contributed by atoms with van der Waals surface area (Å²) in [5, 5.41) is 8.93. The molecule has 0 atom stereocenters. The molecular formula is C17H23F3N4O. The van der Waals surface area contributed by atoms with Gasteiger partial charge in [0.1, 0.15) is 0 Å². The molecule has 0 spiro atoms. The number of hydrogen-bond donors (Lipinski definition) is 3. The summed E-state index contributed by atoms with van der Waals surface area (Å²) in [7, 11) is 1.58. The molecule has 1 saturated carbocycles. The number of carbonyl (C=O) groups is 1. The molecule has 1 amide bonds. The lowest BCUT2D eigenvalue weighted by Crippen LogP contribution is -2.37. The Morgan fingerprint density at radius 1 is 1.28 bits per heavy atom. The Labute approximate surface area is 145 Å². The SMILES string of the molecule is CN=C(NCCCC(=O)NC1CC1)NCc1cccc(C(F)(F)F)c1. The maximum Gasteiger partial charge on any atom is 0.416 e. The average Bonchev–Trinajstić information content (AvgIpc) is 3.37. The minimum atomic E-state index is -4.35. The summed E-state index contributed by atoms with van der Waals surface area (Å²) >= 11 is 0. The van der Waals surface area contributed by atoms with E-state index in [1.807, 2.05) is 0 Å². The van der Waals surface area contributed by atoms with Crippen molar-refractivity contribution in [1.29, 1.82) is 0 Å². The van der Waals surface area contributed by atoms with Crippen LogP contribution in [0, 0.1) is 0 Å². The van der Waals surface area contributed by atoms with Crippen molar-refractivity contribution in [3.05, 3.63) is 35.4 Å². The Morgan fingerprint density at radius 2 is 2.04 bits per heavy atom. The Hall–Kier alpha value is -2.25. The quantitative estimate of drug-likeness (QED) is 0.399. The molecule has 1 aliphatic rings. The van der Waals surface area contributed by atoms with Crippen LogP contribution in [0.15, 0.2) is 29.3 Å². The topological polar surface area (TPSA) is 65.5 Å². The first-order valence-electron chi connectivity index (χ1n) is 8.28. The molecule has 25 heavy (non-hydrogen) atoms. The van der Waals surface area contributed by atoms with Gasteiger partial charge in [0.2, 0.25) is 5.91 Å². The minimum absolute atomic E-state index is 0.0520. The lowest BCUT2D eigenvalue weighted by Gasteiger charge is -2.13. The molecule has 8 heteroatoms. The van der Waals surface area contributed by atoms with E-state index in [1.165, 1.54) is 6.07 Å². The van der Waals surface area contributed by atoms with Crippen molar-refractivity contribution in [3.63, 3.8) is 0 Å². The van der Waals surface area contributed by atoms with Crippen LogP contribution >= 0.6 is 0 Å². The third kappa shape index (κ3) is 7.03. The van der Waals surface area contributed by atoms with Gasteiger partial charge in [0.05, 0.1) is 5.56 Å². The second kappa shape index (κ2) is 8.73. The normalized spacial score (nSPS) is 15.0. The number of carbonyl (C=O) groups excluding carboxylic acids is 1. The van der Waals surface area contributed by atoms with Crippen LogP contribution in [0.25, 0.3) is 0 Å². The van der Waals surface area contributed by atoms with E-state index in [2.05, 4.69) is 20.9 Å². The van der Waals surface area contributed by atoms with Gasteiger partial charge in [-0.3, -0.25) is 9.79 Å². The van der Waals surface area contributed by atoms with Crippen LogP contribution < -0.4 is 16.0 Å². The van der Waals surface area contributed by atoms with Crippen molar-refractivity contribution in [3.8, 4) is 0 Å². The van der Waals surface area contributed by atoms with E-state index in [4.69, 9.17) is 0 Å². The van der Waals surface area contributed by atoms with E-state index >= 15 is 0 Å². The van der Waals surface area contributed by atoms with Gasteiger partial charge >= 0.3 is 6.18 Å². The van der Waals surface area contributed by atoms with Crippen molar-refractivity contribution in [2.45, 2.75) is 44.4 Å². The Bertz CT molecular complexity index is 612. The van der Waals surface area contributed by atoms with Crippen LogP contribution in [-0.2, 0) is 17.5 Å². The van der Waals surface area contributed by atoms with Gasteiger partial charge in [-0.2, -0.15) is 13.2 Å². The van der Waals surface area contributed by atoms with Gasteiger partial charge in [-0.15, -0.1) is 0 Å². The number of guanidine groups is 1. The number of nitrogens with zero attached hydrogens (tertiary/aromatic N) is 1. The smallest absolute Gasteiger partial charge is 0.356 e. The third-order valence-electron chi connectivity index (χ3n) is 3.75. The average molecular weight is 356 g/mol. The number of aliphatic imine (C=N–C) groups is 1. The summed E-state index contributed by atoms with van der Waals surface area (Å²) in [6.07, 6.45) is -1.12. The standard InChI is InChI=1S/C17H23F3N4O/c1-21-16(22-9-3-6-15(25)24-14-7-8-14)23-11-12-4-2-5-13(10-12)17(18,19)20/h2,4-5,10,14H,3,6-9,11H2,1H3,(H,24,25)(H2,21,22,23). The van der Waals surface area contributed by atoms with Crippen LogP contribution in [0.1, 0.15) is 36.8 Å². The monoisotopic (exact) mass is 356 g/mol. The highest BCUT2D eigenvalue weighted by atomic mass is 19.4. The summed E-state index contributed by atoms with van der Waals surface area (Å²) in [6.45, 7) is 0.784. The summed E-state index contributed by atoms with van der Waals surface area (Å²) in [5.74, 6) is 0.538. The molecule has 1 aromatic carbocycles. The molecule has 5 nitrogen and oxygen atoms in total. The maximum absolute atomic E-state index is 12.7. The Kier molecular flexibility index (Phi) is 6.66. The molecule has 138 valence electrons. The predicted octanol–water partition coefficient (Wildman–Crippen LogP) is 2.43. The highest BCUT2D eigenvalue weighted by Gasteiger charge is 2.30. The first-order valence-corrected chi connectivity index (χ1v) is 8.28. The number of rotatable bonds is 7. The van der Waals surface area contributed by atoms with Crippen molar-refractivity contribution >= 4 is 11.9 Å². The molecule has 0 bridgehead atoms. The van der Waals surface area contributed by atoms with E-state index in [1.54, 1.807) is 13.1 Å². The zero-order valence-corrected chi connectivity index (χ0v) is 14.1. The second-order valence-corrected chi connectivity index (χ2v) is 6.00. The number of nitrogens with one attached hydrogen (secondary N) is 3. The number of hydrogen-bond acceptors (Lipinski definition) is 2. The van der Waals surface area contributed by atoms with Crippen LogP contribution in [0.5, 0.6) is 0 Å². The van der Waals surface area contributed by atoms with Crippen LogP contribution in [-0.4, -0.2) is 31.5 Å². The Morgan fingerprint density at radius 3 is 2.68 bits per heavy atom. The molecule has 1 aromatic rings. The van der Waals surface area contributed by atoms with Gasteiger partial charge in [-0.25, -0.2) is 0 Å². The van der Waals surface area contributed by atoms with Crippen molar-refractivity contribution in [2.24, 2.45) is 4.99 Å². The number of halogens is 3. The highest BCUT2D eigenvalue weighted by molar-refractivity contribution is 5.80. The largest absolute Gasteiger partial charge is 0.416 e. The van der Waals surface area contributed by atoms with E-state index < -0.39 is 11.7 Å². The van der Waals surface area contributed by atoms with Gasteiger partial charge in [0.15, 0.2) is 5.96 Å². The first kappa shape index (κ1) is 19.1. The molecular weight excluding hydrogens is 333 g/mol. The fourth-order valence-corrected chi connectivity index (χ4v) is 2.25. The second-order valence-electron chi connectivity index (χ2n) is 6.00. The van der Waals surface area contributed by atoms with E-state index in [0.717, 1.165) is 25.0 Å². The molecule has 1 fully saturated rings. The third-order valence-corrected chi connectivity index (χ3v) is 3.75. The fraction of sp³-hybridized carbons (Fsp3) is 0.529. The number of alkyl halides is 3. The van der Waals surface area contributed by atoms with Gasteiger partial charge < -0.3 is 16.0 Å². The number of benzene rings is 1. The van der Waals surface area contributed by atoms with Crippen LogP contribution in [0.2, 0.25) is 0 Å². The molecule has 3 N–H and O–H groups in total. The molecule has 0 aromatic heterocycles. The van der Waals surface area contributed by atoms with Crippen molar-refractivity contribution in [1.82, 2.24) is 16.0 Å². The zero-order chi connectivity index (χ0) is 18.3. The lowest BCUT2D eigenvalue weighted by molar-refractivity contribution is -0.137. The molecule has 0 saturated heterocycles. The molecule has 2 rings (SSSR count). The van der Waals surface area contributed by atoms with Gasteiger partial charge in [-0.05, 0) is 37.0 Å². The van der Waals surface area contributed by atoms with Gasteiger partial charge in [-0.1, -0.05) is 12.1 Å². The van der Waals surface area contributed by atoms with E-state index in [-0.39, 0.29) is 12.5 Å². The van der Waals surface area contributed by atoms with Crippen molar-refractivity contribution in [2.75, 3.05) is 13.6 Å². The minimum Gasteiger partial charge on any atom is -0.356 e. The molecule has 0 unspecified atom stereocenters. The zero-order valence-electron chi connectivity index (χ0n) is 14.1. The summed E-state index contributed by atoms with van der Waals surface area (Å²) < 4.78 is 38.1. The van der Waals surface area contributed by atoms with E-state index in [0.29, 0.717) is 37.0 Å². The summed E-state index contributed by atoms with van der Waals surface area (Å²) in [6, 6.07) is 5.53. The van der Waals surface area contributed by atoms with Gasteiger partial charge in [0, 0.05) is 32.6 Å². The number of amides is 1. The molecule has 0 radical (unpaired) electrons.